The summed E-state index contributed by atoms with van der Waals surface area (Å²) in [6.45, 7) is 0. The summed E-state index contributed by atoms with van der Waals surface area (Å²) in [5.41, 5.74) is 0.324. The van der Waals surface area contributed by atoms with Crippen molar-refractivity contribution in [1.29, 1.82) is 5.26 Å². The predicted molar refractivity (Wildman–Crippen MR) is 75.7 cm³/mol. The van der Waals surface area contributed by atoms with Gasteiger partial charge in [0.25, 0.3) is 5.91 Å². The van der Waals surface area contributed by atoms with Gasteiger partial charge in [-0.25, -0.2) is 0 Å². The predicted octanol–water partition coefficient (Wildman–Crippen LogP) is 1.63. The Bertz CT molecular complexity index is 664. The Kier molecular flexibility index (Phi) is 3.07. The van der Waals surface area contributed by atoms with Gasteiger partial charge in [-0.15, -0.1) is 0 Å². The smallest absolute Gasteiger partial charge is 0.250 e. The fraction of sp³-hybridized carbons (Fsp3) is 0.438. The van der Waals surface area contributed by atoms with Crippen molar-refractivity contribution in [2.24, 2.45) is 5.41 Å². The molecule has 1 aromatic rings. The molecule has 2 aliphatic rings. The molecule has 0 N–H and O–H groups in total. The second-order valence-corrected chi connectivity index (χ2v) is 5.63. The standard InChI is InChI=1S/C16H16N2O3/c1-18-13-6-4-3-5-11(13)12-7-10(19)8-14(21-2)16(12,9-17)15(18)20/h3-6,12,14H,7-8H2,1-2H3/t12-,14+,16+/m0/s1. The second kappa shape index (κ2) is 4.68. The first-order valence-corrected chi connectivity index (χ1v) is 6.89. The van der Waals surface area contributed by atoms with Gasteiger partial charge in [-0.2, -0.15) is 5.26 Å². The molecule has 1 fully saturated rings. The molecular weight excluding hydrogens is 268 g/mol. The molecule has 0 unspecified atom stereocenters. The van der Waals surface area contributed by atoms with Crippen molar-refractivity contribution in [3.8, 4) is 6.07 Å². The molecule has 0 radical (unpaired) electrons. The van der Waals surface area contributed by atoms with Crippen LogP contribution < -0.4 is 4.90 Å². The molecule has 108 valence electrons. The van der Waals surface area contributed by atoms with Gasteiger partial charge in [0.15, 0.2) is 5.41 Å². The quantitative estimate of drug-likeness (QED) is 0.786. The number of ketones is 1. The summed E-state index contributed by atoms with van der Waals surface area (Å²) in [6.07, 6.45) is -0.371. The van der Waals surface area contributed by atoms with Gasteiger partial charge >= 0.3 is 0 Å². The van der Waals surface area contributed by atoms with Gasteiger partial charge in [0.05, 0.1) is 12.2 Å². The highest BCUT2D eigenvalue weighted by Crippen LogP contribution is 2.53. The topological polar surface area (TPSA) is 70.4 Å². The maximum Gasteiger partial charge on any atom is 0.250 e. The molecular formula is C16H16N2O3. The van der Waals surface area contributed by atoms with E-state index in [1.165, 1.54) is 12.0 Å². The SMILES string of the molecule is CO[C@@H]1CC(=O)C[C@H]2c3ccccc3N(C)C(=O)[C@@]12C#N. The van der Waals surface area contributed by atoms with Gasteiger partial charge in [-0.1, -0.05) is 18.2 Å². The molecule has 1 aromatic carbocycles. The van der Waals surface area contributed by atoms with Crippen molar-refractivity contribution in [2.75, 3.05) is 19.1 Å². The molecule has 21 heavy (non-hydrogen) atoms. The van der Waals surface area contributed by atoms with Gasteiger partial charge in [0.1, 0.15) is 5.78 Å². The highest BCUT2D eigenvalue weighted by molar-refractivity contribution is 6.05. The molecule has 0 saturated heterocycles. The summed E-state index contributed by atoms with van der Waals surface area (Å²) in [7, 11) is 3.12. The first-order valence-electron chi connectivity index (χ1n) is 6.89. The van der Waals surface area contributed by atoms with Crippen LogP contribution in [0.4, 0.5) is 5.69 Å². The number of ether oxygens (including phenoxy) is 1. The van der Waals surface area contributed by atoms with E-state index in [1.807, 2.05) is 24.3 Å². The van der Waals surface area contributed by atoms with Crippen molar-refractivity contribution in [2.45, 2.75) is 24.9 Å². The van der Waals surface area contributed by atoms with Crippen molar-refractivity contribution in [3.05, 3.63) is 29.8 Å². The summed E-state index contributed by atoms with van der Waals surface area (Å²) in [5.74, 6) is -0.688. The van der Waals surface area contributed by atoms with Crippen LogP contribution in [-0.4, -0.2) is 32.0 Å². The van der Waals surface area contributed by atoms with E-state index >= 15 is 0 Å². The number of hydrogen-bond acceptors (Lipinski definition) is 4. The molecule has 0 spiro atoms. The zero-order valence-electron chi connectivity index (χ0n) is 12.0. The Labute approximate surface area is 123 Å². The number of hydrogen-bond donors (Lipinski definition) is 0. The van der Waals surface area contributed by atoms with E-state index in [4.69, 9.17) is 4.74 Å². The normalized spacial score (nSPS) is 31.4. The van der Waals surface area contributed by atoms with Crippen LogP contribution >= 0.6 is 0 Å². The van der Waals surface area contributed by atoms with Crippen LogP contribution in [0.15, 0.2) is 24.3 Å². The van der Waals surface area contributed by atoms with Crippen molar-refractivity contribution >= 4 is 17.4 Å². The molecule has 3 atom stereocenters. The number of amides is 1. The number of carbonyl (C=O) groups is 2. The lowest BCUT2D eigenvalue weighted by molar-refractivity contribution is -0.143. The highest BCUT2D eigenvalue weighted by atomic mass is 16.5. The van der Waals surface area contributed by atoms with Gasteiger partial charge in [-0.3, -0.25) is 9.59 Å². The number of nitriles is 1. The molecule has 3 rings (SSSR count). The van der Waals surface area contributed by atoms with Crippen LogP contribution in [0.5, 0.6) is 0 Å². The van der Waals surface area contributed by atoms with Crippen LogP contribution in [0.3, 0.4) is 0 Å². The number of rotatable bonds is 1. The lowest BCUT2D eigenvalue weighted by atomic mass is 9.59. The van der Waals surface area contributed by atoms with E-state index in [0.717, 1.165) is 11.3 Å². The van der Waals surface area contributed by atoms with E-state index in [2.05, 4.69) is 6.07 Å². The highest BCUT2D eigenvalue weighted by Gasteiger charge is 2.60. The van der Waals surface area contributed by atoms with E-state index in [9.17, 15) is 14.9 Å². The number of nitrogens with zero attached hydrogens (tertiary/aromatic N) is 2. The lowest BCUT2D eigenvalue weighted by Gasteiger charge is -2.48. The van der Waals surface area contributed by atoms with Crippen molar-refractivity contribution in [1.82, 2.24) is 0 Å². The monoisotopic (exact) mass is 284 g/mol. The van der Waals surface area contributed by atoms with Gasteiger partial charge in [-0.05, 0) is 11.6 Å². The minimum atomic E-state index is -1.31. The van der Waals surface area contributed by atoms with E-state index < -0.39 is 17.4 Å². The average molecular weight is 284 g/mol. The Morgan fingerprint density at radius 1 is 1.33 bits per heavy atom. The van der Waals surface area contributed by atoms with Crippen molar-refractivity contribution < 1.29 is 14.3 Å². The molecule has 0 aromatic heterocycles. The molecule has 1 aliphatic carbocycles. The van der Waals surface area contributed by atoms with E-state index in [0.29, 0.717) is 0 Å². The summed E-state index contributed by atoms with van der Waals surface area (Å²) >= 11 is 0. The maximum absolute atomic E-state index is 12.9. The van der Waals surface area contributed by atoms with Gasteiger partial charge in [0.2, 0.25) is 0 Å². The third kappa shape index (κ3) is 1.66. The summed E-state index contributed by atoms with van der Waals surface area (Å²) in [4.78, 5) is 26.4. The maximum atomic E-state index is 12.9. The minimum absolute atomic E-state index is 0.0323. The van der Waals surface area contributed by atoms with Crippen LogP contribution in [0.1, 0.15) is 24.3 Å². The largest absolute Gasteiger partial charge is 0.379 e. The third-order valence-electron chi connectivity index (χ3n) is 4.70. The molecule has 1 saturated carbocycles. The number of benzene rings is 1. The first-order chi connectivity index (χ1) is 10.1. The fourth-order valence-electron chi connectivity index (χ4n) is 3.65. The average Bonchev–Trinajstić information content (AvgIpc) is 2.52. The zero-order chi connectivity index (χ0) is 15.2. The van der Waals surface area contributed by atoms with E-state index in [-0.39, 0.29) is 24.5 Å². The minimum Gasteiger partial charge on any atom is -0.379 e. The molecule has 1 amide bonds. The Hall–Kier alpha value is -2.19. The zero-order valence-corrected chi connectivity index (χ0v) is 12.0. The lowest BCUT2D eigenvalue weighted by Crippen LogP contribution is -2.58. The number of anilines is 1. The van der Waals surface area contributed by atoms with Gasteiger partial charge in [0, 0.05) is 38.6 Å². The van der Waals surface area contributed by atoms with Crippen LogP contribution in [0, 0.1) is 16.7 Å². The molecule has 5 nitrogen and oxygen atoms in total. The number of methoxy groups -OCH3 is 1. The number of fused-ring (bicyclic) bond motifs is 3. The fourth-order valence-corrected chi connectivity index (χ4v) is 3.65. The molecule has 1 aliphatic heterocycles. The van der Waals surface area contributed by atoms with Gasteiger partial charge < -0.3 is 9.64 Å². The second-order valence-electron chi connectivity index (χ2n) is 5.63. The van der Waals surface area contributed by atoms with E-state index in [1.54, 1.807) is 7.05 Å². The summed E-state index contributed by atoms with van der Waals surface area (Å²) < 4.78 is 5.37. The molecule has 0 bridgehead atoms. The molecule has 1 heterocycles. The van der Waals surface area contributed by atoms with Crippen molar-refractivity contribution in [3.63, 3.8) is 0 Å². The van der Waals surface area contributed by atoms with Crippen LogP contribution in [-0.2, 0) is 14.3 Å². The Morgan fingerprint density at radius 2 is 2.05 bits per heavy atom. The number of Topliss-reactive ketones (excluding diaryl/α,β-unsaturated/α-hetero) is 1. The Balaban J connectivity index is 2.27. The Morgan fingerprint density at radius 3 is 2.71 bits per heavy atom. The molecule has 5 heteroatoms. The number of carbonyl (C=O) groups excluding carboxylic acids is 2. The van der Waals surface area contributed by atoms with Crippen LogP contribution in [0.2, 0.25) is 0 Å². The van der Waals surface area contributed by atoms with Crippen LogP contribution in [0.25, 0.3) is 0 Å². The summed E-state index contributed by atoms with van der Waals surface area (Å²) in [6, 6.07) is 9.64. The third-order valence-corrected chi connectivity index (χ3v) is 4.70. The number of para-hydroxylation sites is 1. The first kappa shape index (κ1) is 13.8. The summed E-state index contributed by atoms with van der Waals surface area (Å²) in [5, 5.41) is 9.79.